The minimum absolute atomic E-state index is 0.322. The summed E-state index contributed by atoms with van der Waals surface area (Å²) >= 11 is 1.40. The van der Waals surface area contributed by atoms with Crippen molar-refractivity contribution in [3.8, 4) is 17.3 Å². The first-order chi connectivity index (χ1) is 13.9. The molecule has 0 saturated carbocycles. The molecule has 4 rings (SSSR count). The van der Waals surface area contributed by atoms with E-state index in [1.54, 1.807) is 22.8 Å². The Hall–Kier alpha value is -3.00. The first kappa shape index (κ1) is 19.3. The smallest absolute Gasteiger partial charge is 0.416 e. The van der Waals surface area contributed by atoms with Crippen LogP contribution in [0.5, 0.6) is 0 Å². The number of alkyl halides is 3. The summed E-state index contributed by atoms with van der Waals surface area (Å²) in [6.07, 6.45) is -2.95. The van der Waals surface area contributed by atoms with E-state index in [2.05, 4.69) is 10.2 Å². The van der Waals surface area contributed by atoms with Crippen LogP contribution in [0, 0.1) is 6.92 Å². The van der Waals surface area contributed by atoms with Gasteiger partial charge in [0.05, 0.1) is 17.5 Å². The number of furan rings is 1. The number of hydrogen-bond acceptors (Lipinski definition) is 4. The van der Waals surface area contributed by atoms with Crippen molar-refractivity contribution >= 4 is 11.8 Å². The van der Waals surface area contributed by atoms with E-state index in [9.17, 15) is 13.2 Å². The number of halogens is 3. The summed E-state index contributed by atoms with van der Waals surface area (Å²) in [7, 11) is 0. The largest absolute Gasteiger partial charge is 0.461 e. The number of aryl methyl sites for hydroxylation is 1. The number of hydrogen-bond donors (Lipinski definition) is 0. The van der Waals surface area contributed by atoms with E-state index in [1.165, 1.54) is 24.1 Å². The van der Waals surface area contributed by atoms with Crippen molar-refractivity contribution in [3.63, 3.8) is 0 Å². The molecule has 2 aromatic carbocycles. The van der Waals surface area contributed by atoms with Gasteiger partial charge in [0.2, 0.25) is 5.82 Å². The molecule has 0 aliphatic heterocycles. The molecular formula is C21H16F3N3OS. The van der Waals surface area contributed by atoms with Crippen LogP contribution in [-0.2, 0) is 11.9 Å². The zero-order valence-corrected chi connectivity index (χ0v) is 16.2. The number of aromatic nitrogens is 3. The Kier molecular flexibility index (Phi) is 5.19. The lowest BCUT2D eigenvalue weighted by molar-refractivity contribution is -0.137. The van der Waals surface area contributed by atoms with Crippen LogP contribution in [0.4, 0.5) is 13.2 Å². The third-order valence-corrected chi connectivity index (χ3v) is 5.30. The highest BCUT2D eigenvalue weighted by Gasteiger charge is 2.31. The lowest BCUT2D eigenvalue weighted by Crippen LogP contribution is -2.07. The molecule has 0 atom stereocenters. The van der Waals surface area contributed by atoms with Crippen molar-refractivity contribution in [3.05, 3.63) is 83.6 Å². The van der Waals surface area contributed by atoms with E-state index in [0.717, 1.165) is 23.3 Å². The highest BCUT2D eigenvalue weighted by atomic mass is 32.2. The fraction of sp³-hybridized carbons (Fsp3) is 0.143. The van der Waals surface area contributed by atoms with Gasteiger partial charge < -0.3 is 4.42 Å². The van der Waals surface area contributed by atoms with E-state index < -0.39 is 11.7 Å². The van der Waals surface area contributed by atoms with E-state index in [1.807, 2.05) is 31.2 Å². The summed E-state index contributed by atoms with van der Waals surface area (Å²) in [5.74, 6) is 1.38. The predicted molar refractivity (Wildman–Crippen MR) is 105 cm³/mol. The summed E-state index contributed by atoms with van der Waals surface area (Å²) in [5, 5.41) is 8.86. The molecule has 0 aliphatic rings. The van der Waals surface area contributed by atoms with Gasteiger partial charge in [-0.3, -0.25) is 4.57 Å². The lowest BCUT2D eigenvalue weighted by atomic mass is 10.2. The van der Waals surface area contributed by atoms with Gasteiger partial charge in [-0.25, -0.2) is 0 Å². The maximum Gasteiger partial charge on any atom is 0.416 e. The third kappa shape index (κ3) is 4.22. The second-order valence-corrected chi connectivity index (χ2v) is 7.38. The quantitative estimate of drug-likeness (QED) is 0.367. The van der Waals surface area contributed by atoms with E-state index >= 15 is 0 Å². The Balaban J connectivity index is 1.74. The SMILES string of the molecule is Cc1ccc(CSc2nnc(-c3ccco3)n2-c2cccc(C(F)(F)F)c2)cc1. The summed E-state index contributed by atoms with van der Waals surface area (Å²) in [6, 6.07) is 16.6. The Morgan fingerprint density at radius 1 is 1.00 bits per heavy atom. The molecule has 0 fully saturated rings. The zero-order valence-electron chi connectivity index (χ0n) is 15.3. The van der Waals surface area contributed by atoms with Crippen LogP contribution in [-0.4, -0.2) is 14.8 Å². The van der Waals surface area contributed by atoms with Crippen LogP contribution in [0.1, 0.15) is 16.7 Å². The van der Waals surface area contributed by atoms with Crippen molar-refractivity contribution < 1.29 is 17.6 Å². The van der Waals surface area contributed by atoms with Crippen molar-refractivity contribution in [2.75, 3.05) is 0 Å². The summed E-state index contributed by atoms with van der Waals surface area (Å²) in [5.41, 5.74) is 1.83. The van der Waals surface area contributed by atoms with Gasteiger partial charge in [-0.2, -0.15) is 13.2 Å². The third-order valence-electron chi connectivity index (χ3n) is 4.30. The molecule has 2 aromatic heterocycles. The monoisotopic (exact) mass is 415 g/mol. The van der Waals surface area contributed by atoms with Gasteiger partial charge in [0, 0.05) is 5.75 Å². The molecule has 148 valence electrons. The number of nitrogens with zero attached hydrogens (tertiary/aromatic N) is 3. The molecule has 0 unspecified atom stereocenters. The Morgan fingerprint density at radius 3 is 2.48 bits per heavy atom. The molecule has 0 bridgehead atoms. The van der Waals surface area contributed by atoms with Gasteiger partial charge in [0.1, 0.15) is 0 Å². The minimum atomic E-state index is -4.44. The Morgan fingerprint density at radius 2 is 1.79 bits per heavy atom. The molecule has 0 N–H and O–H groups in total. The van der Waals surface area contributed by atoms with Crippen LogP contribution in [0.2, 0.25) is 0 Å². The van der Waals surface area contributed by atoms with Gasteiger partial charge in [0.15, 0.2) is 10.9 Å². The highest BCUT2D eigenvalue weighted by molar-refractivity contribution is 7.98. The van der Waals surface area contributed by atoms with Gasteiger partial charge in [0.25, 0.3) is 0 Å². The molecule has 29 heavy (non-hydrogen) atoms. The molecule has 0 spiro atoms. The van der Waals surface area contributed by atoms with Gasteiger partial charge in [-0.15, -0.1) is 10.2 Å². The van der Waals surface area contributed by atoms with Crippen LogP contribution < -0.4 is 0 Å². The first-order valence-electron chi connectivity index (χ1n) is 8.77. The molecule has 0 radical (unpaired) electrons. The lowest BCUT2D eigenvalue weighted by Gasteiger charge is -2.12. The summed E-state index contributed by atoms with van der Waals surface area (Å²) < 4.78 is 46.7. The maximum absolute atomic E-state index is 13.2. The van der Waals surface area contributed by atoms with E-state index in [4.69, 9.17) is 4.42 Å². The topological polar surface area (TPSA) is 43.9 Å². The molecule has 8 heteroatoms. The van der Waals surface area contributed by atoms with Crippen molar-refractivity contribution in [1.29, 1.82) is 0 Å². The second kappa shape index (κ2) is 7.79. The second-order valence-electron chi connectivity index (χ2n) is 6.44. The number of rotatable bonds is 5. The predicted octanol–water partition coefficient (Wildman–Crippen LogP) is 6.15. The van der Waals surface area contributed by atoms with Gasteiger partial charge in [-0.1, -0.05) is 47.7 Å². The first-order valence-corrected chi connectivity index (χ1v) is 9.75. The van der Waals surface area contributed by atoms with Crippen LogP contribution in [0.3, 0.4) is 0 Å². The van der Waals surface area contributed by atoms with Crippen molar-refractivity contribution in [2.45, 2.75) is 24.0 Å². The van der Waals surface area contributed by atoms with Gasteiger partial charge >= 0.3 is 6.18 Å². The minimum Gasteiger partial charge on any atom is -0.461 e. The molecule has 0 saturated heterocycles. The van der Waals surface area contributed by atoms with Crippen molar-refractivity contribution in [1.82, 2.24) is 14.8 Å². The van der Waals surface area contributed by atoms with E-state index in [0.29, 0.717) is 28.2 Å². The number of benzene rings is 2. The van der Waals surface area contributed by atoms with Gasteiger partial charge in [-0.05, 0) is 42.8 Å². The fourth-order valence-electron chi connectivity index (χ4n) is 2.82. The van der Waals surface area contributed by atoms with Crippen LogP contribution in [0.25, 0.3) is 17.3 Å². The Bertz CT molecular complexity index is 1100. The average Bonchev–Trinajstić information content (AvgIpc) is 3.36. The fourth-order valence-corrected chi connectivity index (χ4v) is 3.72. The summed E-state index contributed by atoms with van der Waals surface area (Å²) in [6.45, 7) is 2.01. The molecular weight excluding hydrogens is 399 g/mol. The number of thioether (sulfide) groups is 1. The molecule has 2 heterocycles. The van der Waals surface area contributed by atoms with Crippen LogP contribution >= 0.6 is 11.8 Å². The maximum atomic E-state index is 13.2. The Labute approximate surface area is 169 Å². The van der Waals surface area contributed by atoms with Crippen LogP contribution in [0.15, 0.2) is 76.5 Å². The standard InChI is InChI=1S/C21H16F3N3OS/c1-14-7-9-15(10-8-14)13-29-20-26-25-19(18-6-3-11-28-18)27(20)17-5-2-4-16(12-17)21(22,23)24/h2-12H,13H2,1H3. The summed E-state index contributed by atoms with van der Waals surface area (Å²) in [4.78, 5) is 0. The highest BCUT2D eigenvalue weighted by Crippen LogP contribution is 2.34. The van der Waals surface area contributed by atoms with E-state index in [-0.39, 0.29) is 0 Å². The zero-order chi connectivity index (χ0) is 20.4. The van der Waals surface area contributed by atoms with Crippen molar-refractivity contribution in [2.24, 2.45) is 0 Å². The average molecular weight is 415 g/mol. The normalized spacial score (nSPS) is 11.7. The molecule has 4 aromatic rings. The molecule has 0 amide bonds. The molecule has 4 nitrogen and oxygen atoms in total. The molecule has 0 aliphatic carbocycles.